The first-order chi connectivity index (χ1) is 6.41. The zero-order chi connectivity index (χ0) is 9.78. The minimum atomic E-state index is 0.843. The molecule has 0 bridgehead atoms. The Labute approximate surface area is 84.1 Å². The summed E-state index contributed by atoms with van der Waals surface area (Å²) < 4.78 is 0. The van der Waals surface area contributed by atoms with Gasteiger partial charge in [-0.25, -0.2) is 0 Å². The van der Waals surface area contributed by atoms with Crippen LogP contribution in [0.15, 0.2) is 0 Å². The van der Waals surface area contributed by atoms with Crippen molar-refractivity contribution in [2.24, 2.45) is 0 Å². The molecule has 0 heteroatoms. The fourth-order valence-electron chi connectivity index (χ4n) is 1.43. The predicted octanol–water partition coefficient (Wildman–Crippen LogP) is 4.35. The van der Waals surface area contributed by atoms with Crippen molar-refractivity contribution in [1.82, 2.24) is 0 Å². The van der Waals surface area contributed by atoms with Crippen molar-refractivity contribution in [3.05, 3.63) is 6.42 Å². The van der Waals surface area contributed by atoms with Crippen LogP contribution in [-0.2, 0) is 0 Å². The van der Waals surface area contributed by atoms with Gasteiger partial charge in [-0.05, 0) is 12.8 Å². The number of hydrogen-bond acceptors (Lipinski definition) is 0. The molecule has 75 valence electrons. The summed E-state index contributed by atoms with van der Waals surface area (Å²) in [5.74, 6) is 2.63. The maximum absolute atomic E-state index is 5.14. The molecule has 0 nitrogen and oxygen atoms in total. The Hall–Kier alpha value is -0.440. The second-order valence-corrected chi connectivity index (χ2v) is 3.61. The van der Waals surface area contributed by atoms with Crippen molar-refractivity contribution in [3.8, 4) is 12.3 Å². The summed E-state index contributed by atoms with van der Waals surface area (Å²) in [6.45, 7) is 2.26. The minimum Gasteiger partial charge on any atom is -0.120 e. The Morgan fingerprint density at radius 3 is 2.23 bits per heavy atom. The van der Waals surface area contributed by atoms with E-state index in [1.54, 1.807) is 0 Å². The van der Waals surface area contributed by atoms with Crippen LogP contribution in [0.5, 0.6) is 0 Å². The van der Waals surface area contributed by atoms with E-state index in [2.05, 4.69) is 19.3 Å². The van der Waals surface area contributed by atoms with Crippen LogP contribution in [-0.4, -0.2) is 0 Å². The molecule has 0 aromatic carbocycles. The highest BCUT2D eigenvalue weighted by molar-refractivity contribution is 4.90. The second kappa shape index (κ2) is 11.6. The maximum Gasteiger partial charge on any atom is 0.0117 e. The van der Waals surface area contributed by atoms with Gasteiger partial charge in [0.2, 0.25) is 0 Å². The molecule has 0 N–H and O–H groups in total. The average Bonchev–Trinajstić information content (AvgIpc) is 2.16. The molecule has 0 amide bonds. The van der Waals surface area contributed by atoms with Gasteiger partial charge < -0.3 is 0 Å². The van der Waals surface area contributed by atoms with Crippen LogP contribution in [0.25, 0.3) is 0 Å². The van der Waals surface area contributed by atoms with Crippen molar-refractivity contribution in [1.29, 1.82) is 0 Å². The average molecular weight is 179 g/mol. The smallest absolute Gasteiger partial charge is 0.0117 e. The third-order valence-electron chi connectivity index (χ3n) is 2.27. The largest absolute Gasteiger partial charge is 0.120 e. The van der Waals surface area contributed by atoms with E-state index in [0.717, 1.165) is 6.42 Å². The van der Waals surface area contributed by atoms with E-state index in [1.165, 1.54) is 51.4 Å². The SMILES string of the molecule is C#CC[CH]CCCCCCCCC. The van der Waals surface area contributed by atoms with Crippen molar-refractivity contribution in [3.63, 3.8) is 0 Å². The van der Waals surface area contributed by atoms with E-state index in [4.69, 9.17) is 6.42 Å². The molecule has 1 radical (unpaired) electrons. The molecule has 0 rings (SSSR count). The topological polar surface area (TPSA) is 0 Å². The Balaban J connectivity index is 2.80. The van der Waals surface area contributed by atoms with Gasteiger partial charge in [0, 0.05) is 6.42 Å². The third kappa shape index (κ3) is 11.6. The molecule has 13 heavy (non-hydrogen) atoms. The Bertz CT molecular complexity index is 118. The van der Waals surface area contributed by atoms with Gasteiger partial charge in [0.1, 0.15) is 0 Å². The first-order valence-electron chi connectivity index (χ1n) is 5.67. The van der Waals surface area contributed by atoms with Crippen LogP contribution < -0.4 is 0 Å². The van der Waals surface area contributed by atoms with Gasteiger partial charge in [-0.1, -0.05) is 51.9 Å². The van der Waals surface area contributed by atoms with Gasteiger partial charge >= 0.3 is 0 Å². The lowest BCUT2D eigenvalue weighted by Gasteiger charge is -1.99. The molecular formula is C13H23. The molecule has 0 aromatic rings. The zero-order valence-corrected chi connectivity index (χ0v) is 9.02. The molecule has 0 aliphatic carbocycles. The van der Waals surface area contributed by atoms with Crippen molar-refractivity contribution in [2.75, 3.05) is 0 Å². The van der Waals surface area contributed by atoms with Gasteiger partial charge in [-0.3, -0.25) is 0 Å². The van der Waals surface area contributed by atoms with Crippen LogP contribution in [0.3, 0.4) is 0 Å². The van der Waals surface area contributed by atoms with Gasteiger partial charge in [-0.15, -0.1) is 12.3 Å². The van der Waals surface area contributed by atoms with Gasteiger partial charge in [0.25, 0.3) is 0 Å². The van der Waals surface area contributed by atoms with Crippen LogP contribution in [0.4, 0.5) is 0 Å². The fraction of sp³-hybridized carbons (Fsp3) is 0.769. The lowest BCUT2D eigenvalue weighted by molar-refractivity contribution is 0.586. The standard InChI is InChI=1S/C13H23/c1-3-5-7-9-11-13-12-10-8-6-4-2/h1,7H,4-6,8-13H2,2H3. The molecule has 0 heterocycles. The molecular weight excluding hydrogens is 156 g/mol. The van der Waals surface area contributed by atoms with E-state index in [9.17, 15) is 0 Å². The van der Waals surface area contributed by atoms with Crippen LogP contribution >= 0.6 is 0 Å². The predicted molar refractivity (Wildman–Crippen MR) is 60.4 cm³/mol. The summed E-state index contributed by atoms with van der Waals surface area (Å²) in [5.41, 5.74) is 0. The molecule has 0 unspecified atom stereocenters. The molecule has 0 saturated carbocycles. The minimum absolute atomic E-state index is 0.843. The molecule has 0 saturated heterocycles. The van der Waals surface area contributed by atoms with Gasteiger partial charge in [-0.2, -0.15) is 0 Å². The van der Waals surface area contributed by atoms with Crippen LogP contribution in [0, 0.1) is 18.8 Å². The number of hydrogen-bond donors (Lipinski definition) is 0. The second-order valence-electron chi connectivity index (χ2n) is 3.61. The molecule has 0 aliphatic heterocycles. The molecule has 0 aromatic heterocycles. The first kappa shape index (κ1) is 12.6. The quantitative estimate of drug-likeness (QED) is 0.364. The Morgan fingerprint density at radius 1 is 1.00 bits per heavy atom. The lowest BCUT2D eigenvalue weighted by atomic mass is 10.1. The Morgan fingerprint density at radius 2 is 1.62 bits per heavy atom. The zero-order valence-electron chi connectivity index (χ0n) is 9.02. The summed E-state index contributed by atoms with van der Waals surface area (Å²) in [4.78, 5) is 0. The van der Waals surface area contributed by atoms with Crippen LogP contribution in [0.1, 0.15) is 64.7 Å². The molecule has 0 atom stereocenters. The molecule has 0 spiro atoms. The monoisotopic (exact) mass is 179 g/mol. The highest BCUT2D eigenvalue weighted by atomic mass is 14.0. The van der Waals surface area contributed by atoms with Crippen LogP contribution in [0.2, 0.25) is 0 Å². The number of terminal acetylenes is 1. The first-order valence-corrected chi connectivity index (χ1v) is 5.67. The van der Waals surface area contributed by atoms with E-state index in [1.807, 2.05) is 0 Å². The lowest BCUT2D eigenvalue weighted by Crippen LogP contribution is -1.81. The number of rotatable bonds is 9. The van der Waals surface area contributed by atoms with Gasteiger partial charge in [0.15, 0.2) is 0 Å². The molecule has 0 fully saturated rings. The normalized spacial score (nSPS) is 9.85. The summed E-state index contributed by atoms with van der Waals surface area (Å²) >= 11 is 0. The van der Waals surface area contributed by atoms with E-state index in [0.29, 0.717) is 0 Å². The van der Waals surface area contributed by atoms with E-state index in [-0.39, 0.29) is 0 Å². The highest BCUT2D eigenvalue weighted by Crippen LogP contribution is 2.09. The summed E-state index contributed by atoms with van der Waals surface area (Å²) in [6, 6.07) is 0. The maximum atomic E-state index is 5.14. The van der Waals surface area contributed by atoms with Crippen molar-refractivity contribution < 1.29 is 0 Å². The third-order valence-corrected chi connectivity index (χ3v) is 2.27. The van der Waals surface area contributed by atoms with Crippen molar-refractivity contribution in [2.45, 2.75) is 64.7 Å². The molecule has 0 aliphatic rings. The fourth-order valence-corrected chi connectivity index (χ4v) is 1.43. The summed E-state index contributed by atoms with van der Waals surface area (Å²) in [5, 5.41) is 0. The Kier molecular flexibility index (Phi) is 11.2. The van der Waals surface area contributed by atoms with E-state index >= 15 is 0 Å². The summed E-state index contributed by atoms with van der Waals surface area (Å²) in [7, 11) is 0. The number of unbranched alkanes of at least 4 members (excludes halogenated alkanes) is 9. The van der Waals surface area contributed by atoms with Crippen molar-refractivity contribution >= 4 is 0 Å². The van der Waals surface area contributed by atoms with E-state index < -0.39 is 0 Å². The summed E-state index contributed by atoms with van der Waals surface area (Å²) in [6.07, 6.45) is 19.1. The van der Waals surface area contributed by atoms with Gasteiger partial charge in [0.05, 0.1) is 0 Å². The highest BCUT2D eigenvalue weighted by Gasteiger charge is 1.90.